The van der Waals surface area contributed by atoms with Crippen LogP contribution in [0.1, 0.15) is 11.4 Å². The number of carbonyl (C=O) groups excluding carboxylic acids is 1. The van der Waals surface area contributed by atoms with Crippen molar-refractivity contribution in [1.82, 2.24) is 14.9 Å². The van der Waals surface area contributed by atoms with E-state index in [1.54, 1.807) is 0 Å². The Morgan fingerprint density at radius 1 is 1.21 bits per heavy atom. The maximum Gasteiger partial charge on any atom is 0.246 e. The molecule has 0 aliphatic heterocycles. The molecule has 3 rings (SSSR count). The van der Waals surface area contributed by atoms with E-state index >= 15 is 0 Å². The van der Waals surface area contributed by atoms with E-state index in [1.165, 1.54) is 7.11 Å². The van der Waals surface area contributed by atoms with Crippen LogP contribution < -0.4 is 5.32 Å². The highest BCUT2D eigenvalue weighted by Crippen LogP contribution is 2.19. The monoisotopic (exact) mass is 343 g/mol. The lowest BCUT2D eigenvalue weighted by atomic mass is 10.2. The molecule has 0 fully saturated rings. The summed E-state index contributed by atoms with van der Waals surface area (Å²) in [5, 5.41) is 3.54. The lowest BCUT2D eigenvalue weighted by Crippen LogP contribution is -2.28. The van der Waals surface area contributed by atoms with E-state index in [9.17, 15) is 4.79 Å². The number of nitrogens with one attached hydrogen (secondary N) is 1. The van der Waals surface area contributed by atoms with E-state index in [4.69, 9.17) is 16.3 Å². The van der Waals surface area contributed by atoms with Gasteiger partial charge in [-0.1, -0.05) is 35.9 Å². The molecule has 1 aromatic heterocycles. The molecule has 0 saturated carbocycles. The van der Waals surface area contributed by atoms with Crippen LogP contribution in [0.3, 0.4) is 0 Å². The van der Waals surface area contributed by atoms with Crippen molar-refractivity contribution in [2.75, 3.05) is 13.7 Å². The molecule has 3 aromatic rings. The molecule has 0 unspecified atom stereocenters. The number of para-hydroxylation sites is 2. The number of fused-ring (bicyclic) bond motifs is 1. The summed E-state index contributed by atoms with van der Waals surface area (Å²) in [6, 6.07) is 15.7. The molecule has 5 nitrogen and oxygen atoms in total. The molecular formula is C18H18ClN3O2. The standard InChI is InChI=1S/C18H18ClN3O2/c1-24-12-18(23)20-10-17-21-15-4-2-3-5-16(15)22(17)11-13-6-8-14(19)9-7-13/h2-9H,10-12H2,1H3,(H,20,23). The van der Waals surface area contributed by atoms with E-state index in [0.29, 0.717) is 18.1 Å². The largest absolute Gasteiger partial charge is 0.375 e. The van der Waals surface area contributed by atoms with Gasteiger partial charge in [0.15, 0.2) is 0 Å². The summed E-state index contributed by atoms with van der Waals surface area (Å²) < 4.78 is 6.94. The van der Waals surface area contributed by atoms with Crippen molar-refractivity contribution in [3.8, 4) is 0 Å². The first-order valence-corrected chi connectivity index (χ1v) is 7.99. The van der Waals surface area contributed by atoms with Crippen molar-refractivity contribution in [1.29, 1.82) is 0 Å². The minimum atomic E-state index is -0.164. The zero-order valence-electron chi connectivity index (χ0n) is 13.3. The number of amides is 1. The molecule has 0 radical (unpaired) electrons. The van der Waals surface area contributed by atoms with Gasteiger partial charge in [-0.2, -0.15) is 0 Å². The number of benzene rings is 2. The first-order valence-electron chi connectivity index (χ1n) is 7.61. The van der Waals surface area contributed by atoms with Gasteiger partial charge in [-0.05, 0) is 29.8 Å². The highest BCUT2D eigenvalue weighted by molar-refractivity contribution is 6.30. The summed E-state index contributed by atoms with van der Waals surface area (Å²) in [5.41, 5.74) is 3.05. The molecule has 0 bridgehead atoms. The molecule has 0 saturated heterocycles. The second-order valence-electron chi connectivity index (χ2n) is 5.44. The van der Waals surface area contributed by atoms with E-state index in [-0.39, 0.29) is 12.5 Å². The number of rotatable bonds is 6. The van der Waals surface area contributed by atoms with Crippen molar-refractivity contribution in [2.45, 2.75) is 13.1 Å². The Hall–Kier alpha value is -2.37. The first-order chi connectivity index (χ1) is 11.7. The van der Waals surface area contributed by atoms with Gasteiger partial charge in [0.2, 0.25) is 5.91 Å². The minimum absolute atomic E-state index is 0.0391. The Morgan fingerprint density at radius 2 is 1.96 bits per heavy atom. The molecule has 0 aliphatic carbocycles. The highest BCUT2D eigenvalue weighted by Gasteiger charge is 2.12. The van der Waals surface area contributed by atoms with Crippen molar-refractivity contribution >= 4 is 28.5 Å². The molecule has 0 atom stereocenters. The Bertz CT molecular complexity index is 843. The number of nitrogens with zero attached hydrogens (tertiary/aromatic N) is 2. The Morgan fingerprint density at radius 3 is 2.71 bits per heavy atom. The predicted octanol–water partition coefficient (Wildman–Crippen LogP) is 3.00. The summed E-state index contributed by atoms with van der Waals surface area (Å²) in [7, 11) is 1.50. The van der Waals surface area contributed by atoms with Gasteiger partial charge in [0.05, 0.1) is 17.6 Å². The molecule has 1 N–H and O–H groups in total. The van der Waals surface area contributed by atoms with Crippen LogP contribution in [0, 0.1) is 0 Å². The van der Waals surface area contributed by atoms with Gasteiger partial charge < -0.3 is 14.6 Å². The smallest absolute Gasteiger partial charge is 0.246 e. The molecule has 1 heterocycles. The summed E-state index contributed by atoms with van der Waals surface area (Å²) in [6.45, 7) is 1.05. The molecule has 6 heteroatoms. The van der Waals surface area contributed by atoms with Crippen molar-refractivity contribution < 1.29 is 9.53 Å². The van der Waals surface area contributed by atoms with E-state index in [1.807, 2.05) is 48.5 Å². The average molecular weight is 344 g/mol. The minimum Gasteiger partial charge on any atom is -0.375 e. The second-order valence-corrected chi connectivity index (χ2v) is 5.88. The van der Waals surface area contributed by atoms with Crippen molar-refractivity contribution in [3.63, 3.8) is 0 Å². The normalized spacial score (nSPS) is 10.9. The van der Waals surface area contributed by atoms with Crippen LogP contribution in [-0.4, -0.2) is 29.2 Å². The van der Waals surface area contributed by atoms with Gasteiger partial charge in [-0.3, -0.25) is 4.79 Å². The van der Waals surface area contributed by atoms with E-state index < -0.39 is 0 Å². The predicted molar refractivity (Wildman–Crippen MR) is 94.0 cm³/mol. The summed E-state index contributed by atoms with van der Waals surface area (Å²) in [5.74, 6) is 0.637. The fourth-order valence-electron chi connectivity index (χ4n) is 2.57. The molecule has 1 amide bonds. The molecular weight excluding hydrogens is 326 g/mol. The number of carbonyl (C=O) groups is 1. The van der Waals surface area contributed by atoms with Gasteiger partial charge >= 0.3 is 0 Å². The van der Waals surface area contributed by atoms with Gasteiger partial charge in [-0.25, -0.2) is 4.98 Å². The maximum atomic E-state index is 11.7. The lowest BCUT2D eigenvalue weighted by molar-refractivity contribution is -0.124. The van der Waals surface area contributed by atoms with Gasteiger partial charge in [0, 0.05) is 18.7 Å². The quantitative estimate of drug-likeness (QED) is 0.748. The van der Waals surface area contributed by atoms with Crippen molar-refractivity contribution in [3.05, 3.63) is 64.9 Å². The Balaban J connectivity index is 1.89. The third-order valence-electron chi connectivity index (χ3n) is 3.71. The van der Waals surface area contributed by atoms with E-state index in [2.05, 4.69) is 14.9 Å². The van der Waals surface area contributed by atoms with Crippen LogP contribution in [0.15, 0.2) is 48.5 Å². The number of halogens is 1. The third kappa shape index (κ3) is 3.75. The number of hydrogen-bond acceptors (Lipinski definition) is 3. The number of methoxy groups -OCH3 is 1. The van der Waals surface area contributed by atoms with E-state index in [0.717, 1.165) is 22.4 Å². The maximum absolute atomic E-state index is 11.7. The molecule has 124 valence electrons. The van der Waals surface area contributed by atoms with Crippen LogP contribution in [0.25, 0.3) is 11.0 Å². The highest BCUT2D eigenvalue weighted by atomic mass is 35.5. The molecule has 2 aromatic carbocycles. The zero-order valence-corrected chi connectivity index (χ0v) is 14.1. The molecule has 24 heavy (non-hydrogen) atoms. The number of imidazole rings is 1. The molecule has 0 aliphatic rings. The summed E-state index contributed by atoms with van der Waals surface area (Å²) in [6.07, 6.45) is 0. The fraction of sp³-hybridized carbons (Fsp3) is 0.222. The number of aromatic nitrogens is 2. The van der Waals surface area contributed by atoms with Crippen molar-refractivity contribution in [2.24, 2.45) is 0 Å². The SMILES string of the molecule is COCC(=O)NCc1nc2ccccc2n1Cc1ccc(Cl)cc1. The second kappa shape index (κ2) is 7.47. The summed E-state index contributed by atoms with van der Waals surface area (Å²) >= 11 is 5.96. The number of ether oxygens (including phenoxy) is 1. The molecule has 0 spiro atoms. The van der Waals surface area contributed by atoms with Gasteiger partial charge in [0.25, 0.3) is 0 Å². The lowest BCUT2D eigenvalue weighted by Gasteiger charge is -2.10. The van der Waals surface area contributed by atoms with Crippen LogP contribution in [0.4, 0.5) is 0 Å². The summed E-state index contributed by atoms with van der Waals surface area (Å²) in [4.78, 5) is 16.3. The van der Waals surface area contributed by atoms with Crippen LogP contribution in [-0.2, 0) is 22.6 Å². The van der Waals surface area contributed by atoms with Gasteiger partial charge in [0.1, 0.15) is 12.4 Å². The Kier molecular flexibility index (Phi) is 5.13. The van der Waals surface area contributed by atoms with Crippen LogP contribution in [0.5, 0.6) is 0 Å². The Labute approximate surface area is 145 Å². The van der Waals surface area contributed by atoms with Crippen LogP contribution >= 0.6 is 11.6 Å². The van der Waals surface area contributed by atoms with Crippen LogP contribution in [0.2, 0.25) is 5.02 Å². The number of hydrogen-bond donors (Lipinski definition) is 1. The first kappa shape index (κ1) is 16.5. The fourth-order valence-corrected chi connectivity index (χ4v) is 2.69. The zero-order chi connectivity index (χ0) is 16.9. The third-order valence-corrected chi connectivity index (χ3v) is 3.96. The topological polar surface area (TPSA) is 56.1 Å². The average Bonchev–Trinajstić information content (AvgIpc) is 2.93. The van der Waals surface area contributed by atoms with Gasteiger partial charge in [-0.15, -0.1) is 0 Å².